The molecule has 0 bridgehead atoms. The number of carbonyl (C=O) groups excluding carboxylic acids is 3. The maximum atomic E-state index is 12.9. The number of amides is 4. The Hall–Kier alpha value is -2.61. The maximum Gasteiger partial charge on any atom is 0.317 e. The molecular weight excluding hydrogens is 420 g/mol. The second-order valence-electron chi connectivity index (χ2n) is 10.3. The van der Waals surface area contributed by atoms with Crippen molar-refractivity contribution in [2.24, 2.45) is 17.6 Å². The molecule has 1 aromatic rings. The number of hydrogen-bond acceptors (Lipinski definition) is 4. The quantitative estimate of drug-likeness (QED) is 0.381. The first-order valence-corrected chi connectivity index (χ1v) is 11.7. The van der Waals surface area contributed by atoms with Crippen LogP contribution >= 0.6 is 0 Å². The summed E-state index contributed by atoms with van der Waals surface area (Å²) in [5.41, 5.74) is 5.76. The molecule has 3 atom stereocenters. The van der Waals surface area contributed by atoms with E-state index in [0.29, 0.717) is 18.9 Å². The molecule has 0 aliphatic rings. The van der Waals surface area contributed by atoms with Gasteiger partial charge in [-0.25, -0.2) is 4.79 Å². The number of aliphatic hydroxyl groups is 1. The van der Waals surface area contributed by atoms with E-state index in [1.807, 2.05) is 51.1 Å². The fraction of sp³-hybridized carbons (Fsp3) is 0.640. The van der Waals surface area contributed by atoms with Gasteiger partial charge in [-0.15, -0.1) is 0 Å². The monoisotopic (exact) mass is 462 g/mol. The van der Waals surface area contributed by atoms with Crippen molar-refractivity contribution in [2.45, 2.75) is 78.5 Å². The fourth-order valence-electron chi connectivity index (χ4n) is 3.31. The van der Waals surface area contributed by atoms with E-state index in [1.165, 1.54) is 0 Å². The van der Waals surface area contributed by atoms with Gasteiger partial charge in [-0.2, -0.15) is 0 Å². The largest absolute Gasteiger partial charge is 0.389 e. The highest BCUT2D eigenvalue weighted by molar-refractivity contribution is 5.85. The normalized spacial score (nSPS) is 14.3. The molecule has 5 N–H and O–H groups in total. The van der Waals surface area contributed by atoms with Gasteiger partial charge >= 0.3 is 6.03 Å². The number of nitrogens with zero attached hydrogens (tertiary/aromatic N) is 1. The van der Waals surface area contributed by atoms with Crippen molar-refractivity contribution in [1.82, 2.24) is 15.5 Å². The first-order chi connectivity index (χ1) is 15.3. The zero-order valence-electron chi connectivity index (χ0n) is 20.9. The number of primary amides is 1. The standard InChI is InChI=1S/C25H42N4O4/c1-17(2)12-13-29(24(33)28-25(4,5)6)16-21(30)20(15-19-10-8-7-9-11-19)27-23(32)18(3)14-22(26)31/h7-11,17-18,20-21,30H,12-16H2,1-6H3,(H2,26,31)(H,27,32)(H,28,33). The molecule has 3 unspecified atom stereocenters. The van der Waals surface area contributed by atoms with Crippen molar-refractivity contribution < 1.29 is 19.5 Å². The highest BCUT2D eigenvalue weighted by Crippen LogP contribution is 2.12. The minimum Gasteiger partial charge on any atom is -0.389 e. The minimum absolute atomic E-state index is 0.0661. The predicted molar refractivity (Wildman–Crippen MR) is 130 cm³/mol. The first kappa shape index (κ1) is 28.4. The fourth-order valence-corrected chi connectivity index (χ4v) is 3.31. The highest BCUT2D eigenvalue weighted by Gasteiger charge is 2.29. The third-order valence-electron chi connectivity index (χ3n) is 5.20. The lowest BCUT2D eigenvalue weighted by molar-refractivity contribution is -0.129. The van der Waals surface area contributed by atoms with Crippen LogP contribution in [0.1, 0.15) is 59.9 Å². The summed E-state index contributed by atoms with van der Waals surface area (Å²) in [5, 5.41) is 17.0. The Bertz CT molecular complexity index is 761. The predicted octanol–water partition coefficient (Wildman–Crippen LogP) is 2.44. The van der Waals surface area contributed by atoms with E-state index in [2.05, 4.69) is 24.5 Å². The van der Waals surface area contributed by atoms with Crippen molar-refractivity contribution in [2.75, 3.05) is 13.1 Å². The lowest BCUT2D eigenvalue weighted by Gasteiger charge is -2.33. The summed E-state index contributed by atoms with van der Waals surface area (Å²) in [4.78, 5) is 38.4. The summed E-state index contributed by atoms with van der Waals surface area (Å²) in [5.74, 6) is -1.14. The van der Waals surface area contributed by atoms with Crippen LogP contribution in [0.25, 0.3) is 0 Å². The molecule has 33 heavy (non-hydrogen) atoms. The summed E-state index contributed by atoms with van der Waals surface area (Å²) >= 11 is 0. The molecule has 0 heterocycles. The number of urea groups is 1. The Morgan fingerprint density at radius 2 is 1.70 bits per heavy atom. The SMILES string of the molecule is CC(C)CCN(CC(O)C(Cc1ccccc1)NC(=O)C(C)CC(N)=O)C(=O)NC(C)(C)C. The van der Waals surface area contributed by atoms with Crippen LogP contribution in [0, 0.1) is 11.8 Å². The highest BCUT2D eigenvalue weighted by atomic mass is 16.3. The number of nitrogens with two attached hydrogens (primary N) is 1. The van der Waals surface area contributed by atoms with Crippen molar-refractivity contribution in [3.63, 3.8) is 0 Å². The molecule has 0 saturated heterocycles. The smallest absolute Gasteiger partial charge is 0.317 e. The third-order valence-corrected chi connectivity index (χ3v) is 5.20. The van der Waals surface area contributed by atoms with Gasteiger partial charge in [0, 0.05) is 24.4 Å². The molecule has 4 amide bonds. The zero-order valence-corrected chi connectivity index (χ0v) is 20.9. The van der Waals surface area contributed by atoms with Crippen LogP contribution in [-0.4, -0.2) is 58.6 Å². The molecule has 0 aliphatic carbocycles. The summed E-state index contributed by atoms with van der Waals surface area (Å²) in [6.45, 7) is 12.0. The number of benzene rings is 1. The topological polar surface area (TPSA) is 125 Å². The Balaban J connectivity index is 3.04. The summed E-state index contributed by atoms with van der Waals surface area (Å²) < 4.78 is 0. The Morgan fingerprint density at radius 3 is 2.21 bits per heavy atom. The van der Waals surface area contributed by atoms with Gasteiger partial charge in [-0.1, -0.05) is 51.1 Å². The Morgan fingerprint density at radius 1 is 1.09 bits per heavy atom. The summed E-state index contributed by atoms with van der Waals surface area (Å²) in [6, 6.07) is 8.62. The molecule has 0 radical (unpaired) electrons. The summed E-state index contributed by atoms with van der Waals surface area (Å²) in [7, 11) is 0. The molecule has 0 saturated carbocycles. The molecule has 0 aliphatic heterocycles. The second-order valence-corrected chi connectivity index (χ2v) is 10.3. The average Bonchev–Trinajstić information content (AvgIpc) is 2.69. The first-order valence-electron chi connectivity index (χ1n) is 11.7. The van der Waals surface area contributed by atoms with Gasteiger partial charge in [0.25, 0.3) is 0 Å². The van der Waals surface area contributed by atoms with Crippen molar-refractivity contribution in [3.8, 4) is 0 Å². The number of hydrogen-bond donors (Lipinski definition) is 4. The molecule has 1 rings (SSSR count). The lowest BCUT2D eigenvalue weighted by atomic mass is 9.98. The van der Waals surface area contributed by atoms with E-state index in [9.17, 15) is 19.5 Å². The van der Waals surface area contributed by atoms with Crippen LogP contribution < -0.4 is 16.4 Å². The van der Waals surface area contributed by atoms with Crippen molar-refractivity contribution >= 4 is 17.8 Å². The number of nitrogens with one attached hydrogen (secondary N) is 2. The van der Waals surface area contributed by atoms with E-state index in [-0.39, 0.29) is 24.9 Å². The Labute approximate surface area is 198 Å². The molecule has 0 fully saturated rings. The lowest BCUT2D eigenvalue weighted by Crippen LogP contribution is -2.55. The molecule has 0 aromatic heterocycles. The number of rotatable bonds is 12. The molecule has 8 nitrogen and oxygen atoms in total. The van der Waals surface area contributed by atoms with E-state index in [4.69, 9.17) is 5.73 Å². The average molecular weight is 463 g/mol. The molecule has 0 spiro atoms. The van der Waals surface area contributed by atoms with Gasteiger partial charge in [0.05, 0.1) is 18.7 Å². The van der Waals surface area contributed by atoms with Crippen molar-refractivity contribution in [3.05, 3.63) is 35.9 Å². The van der Waals surface area contributed by atoms with Gasteiger partial charge in [-0.05, 0) is 45.1 Å². The van der Waals surface area contributed by atoms with Gasteiger partial charge < -0.3 is 26.4 Å². The van der Waals surface area contributed by atoms with Gasteiger partial charge in [0.1, 0.15) is 0 Å². The van der Waals surface area contributed by atoms with Crippen LogP contribution in [-0.2, 0) is 16.0 Å². The van der Waals surface area contributed by atoms with Crippen molar-refractivity contribution in [1.29, 1.82) is 0 Å². The molecular formula is C25H42N4O4. The van der Waals surface area contributed by atoms with E-state index in [0.717, 1.165) is 12.0 Å². The summed E-state index contributed by atoms with van der Waals surface area (Å²) in [6.07, 6.45) is 0.0906. The van der Waals surface area contributed by atoms with Crippen LogP contribution in [0.5, 0.6) is 0 Å². The number of aliphatic hydroxyl groups excluding tert-OH is 1. The zero-order chi connectivity index (χ0) is 25.2. The van der Waals surface area contributed by atoms with E-state index >= 15 is 0 Å². The van der Waals surface area contributed by atoms with Gasteiger partial charge in [0.15, 0.2) is 0 Å². The van der Waals surface area contributed by atoms with E-state index < -0.39 is 29.5 Å². The molecule has 8 heteroatoms. The van der Waals surface area contributed by atoms with Crippen LogP contribution in [0.4, 0.5) is 4.79 Å². The van der Waals surface area contributed by atoms with Gasteiger partial charge in [0.2, 0.25) is 11.8 Å². The van der Waals surface area contributed by atoms with Crippen LogP contribution in [0.15, 0.2) is 30.3 Å². The molecule has 186 valence electrons. The number of carbonyl (C=O) groups is 3. The second kappa shape index (κ2) is 13.2. The van der Waals surface area contributed by atoms with E-state index in [1.54, 1.807) is 11.8 Å². The molecule has 1 aromatic carbocycles. The minimum atomic E-state index is -1.01. The van der Waals surface area contributed by atoms with Crippen LogP contribution in [0.3, 0.4) is 0 Å². The van der Waals surface area contributed by atoms with Gasteiger partial charge in [-0.3, -0.25) is 9.59 Å². The van der Waals surface area contributed by atoms with Crippen LogP contribution in [0.2, 0.25) is 0 Å². The third kappa shape index (κ3) is 11.7. The maximum absolute atomic E-state index is 12.9. The Kier molecular flexibility index (Phi) is 11.4.